The molecule has 1 fully saturated rings. The lowest BCUT2D eigenvalue weighted by Gasteiger charge is -2.17. The van der Waals surface area contributed by atoms with Crippen LogP contribution in [0.5, 0.6) is 5.75 Å². The second-order valence-corrected chi connectivity index (χ2v) is 5.79. The number of hydrogen-bond acceptors (Lipinski definition) is 2. The lowest BCUT2D eigenvalue weighted by molar-refractivity contribution is 0.404. The predicted octanol–water partition coefficient (Wildman–Crippen LogP) is 4.06. The highest BCUT2D eigenvalue weighted by Crippen LogP contribution is 2.35. The van der Waals surface area contributed by atoms with E-state index in [1.54, 1.807) is 7.11 Å². The number of ether oxygens (including phenoxy) is 1. The molecule has 0 heterocycles. The minimum absolute atomic E-state index is 0.704. The summed E-state index contributed by atoms with van der Waals surface area (Å²) in [5, 5.41) is 4.41. The van der Waals surface area contributed by atoms with Gasteiger partial charge in [-0.05, 0) is 68.3 Å². The Bertz CT molecular complexity index is 404. The zero-order chi connectivity index (χ0) is 13.7. The van der Waals surface area contributed by atoms with Gasteiger partial charge in [0, 0.05) is 11.1 Å². The molecule has 0 amide bonds. The molecule has 1 atom stereocenters. The largest absolute Gasteiger partial charge is 0.496 e. The second kappa shape index (κ2) is 7.16. The van der Waals surface area contributed by atoms with E-state index >= 15 is 0 Å². The van der Waals surface area contributed by atoms with Crippen molar-refractivity contribution in [2.45, 2.75) is 45.1 Å². The van der Waals surface area contributed by atoms with E-state index in [1.165, 1.54) is 31.2 Å². The average molecular weight is 282 g/mol. The van der Waals surface area contributed by atoms with E-state index in [-0.39, 0.29) is 0 Å². The molecule has 3 heteroatoms. The van der Waals surface area contributed by atoms with E-state index in [2.05, 4.69) is 12.2 Å². The molecular formula is C16H24ClNO. The molecule has 0 saturated heterocycles. The summed E-state index contributed by atoms with van der Waals surface area (Å²) >= 11 is 6.06. The summed E-state index contributed by atoms with van der Waals surface area (Å²) in [6, 6.07) is 6.57. The van der Waals surface area contributed by atoms with Crippen molar-refractivity contribution in [3.05, 3.63) is 28.8 Å². The fourth-order valence-electron chi connectivity index (χ4n) is 2.72. The Morgan fingerprint density at radius 3 is 2.84 bits per heavy atom. The number of methoxy groups -OCH3 is 1. The standard InChI is InChI=1S/C16H24ClNO/c1-3-18-15(12-7-8-12)6-4-5-13-11-14(17)9-10-16(13)19-2/h9-12,15,18H,3-8H2,1-2H3. The Morgan fingerprint density at radius 2 is 2.21 bits per heavy atom. The summed E-state index contributed by atoms with van der Waals surface area (Å²) in [5.74, 6) is 1.87. The van der Waals surface area contributed by atoms with Gasteiger partial charge in [0.25, 0.3) is 0 Å². The molecule has 1 N–H and O–H groups in total. The SMILES string of the molecule is CCNC(CCCc1cc(Cl)ccc1OC)C1CC1. The van der Waals surface area contributed by atoms with Crippen LogP contribution in [0.1, 0.15) is 38.2 Å². The first-order valence-electron chi connectivity index (χ1n) is 7.30. The molecule has 1 unspecified atom stereocenters. The Morgan fingerprint density at radius 1 is 1.42 bits per heavy atom. The van der Waals surface area contributed by atoms with E-state index in [0.29, 0.717) is 6.04 Å². The predicted molar refractivity (Wildman–Crippen MR) is 81.1 cm³/mol. The van der Waals surface area contributed by atoms with Crippen LogP contribution in [0.2, 0.25) is 5.02 Å². The Hall–Kier alpha value is -0.730. The quantitative estimate of drug-likeness (QED) is 0.776. The maximum absolute atomic E-state index is 6.06. The van der Waals surface area contributed by atoms with E-state index < -0.39 is 0 Å². The molecule has 0 aromatic heterocycles. The van der Waals surface area contributed by atoms with Gasteiger partial charge in [0.1, 0.15) is 5.75 Å². The van der Waals surface area contributed by atoms with Gasteiger partial charge in [-0.25, -0.2) is 0 Å². The molecule has 1 aliphatic carbocycles. The normalized spacial score (nSPS) is 16.4. The topological polar surface area (TPSA) is 21.3 Å². The Labute approximate surface area is 121 Å². The molecule has 1 aromatic rings. The zero-order valence-corrected chi connectivity index (χ0v) is 12.7. The molecule has 2 nitrogen and oxygen atoms in total. The van der Waals surface area contributed by atoms with Crippen LogP contribution in [0.15, 0.2) is 18.2 Å². The molecule has 0 spiro atoms. The summed E-state index contributed by atoms with van der Waals surface area (Å²) in [6.07, 6.45) is 6.27. The summed E-state index contributed by atoms with van der Waals surface area (Å²) < 4.78 is 5.39. The first-order valence-corrected chi connectivity index (χ1v) is 7.68. The second-order valence-electron chi connectivity index (χ2n) is 5.35. The first-order chi connectivity index (χ1) is 9.24. The summed E-state index contributed by atoms with van der Waals surface area (Å²) in [4.78, 5) is 0. The number of halogens is 1. The van der Waals surface area contributed by atoms with Crippen LogP contribution >= 0.6 is 11.6 Å². The van der Waals surface area contributed by atoms with Crippen LogP contribution < -0.4 is 10.1 Å². The first kappa shape index (κ1) is 14.7. The van der Waals surface area contributed by atoms with Gasteiger partial charge in [0.15, 0.2) is 0 Å². The molecule has 0 aliphatic heterocycles. The molecule has 106 valence electrons. The van der Waals surface area contributed by atoms with E-state index in [9.17, 15) is 0 Å². The maximum Gasteiger partial charge on any atom is 0.122 e. The summed E-state index contributed by atoms with van der Waals surface area (Å²) in [6.45, 7) is 3.26. The number of rotatable bonds is 8. The van der Waals surface area contributed by atoms with Gasteiger partial charge in [-0.2, -0.15) is 0 Å². The van der Waals surface area contributed by atoms with Gasteiger partial charge in [0.2, 0.25) is 0 Å². The van der Waals surface area contributed by atoms with Crippen LogP contribution in [0, 0.1) is 5.92 Å². The molecule has 1 aromatic carbocycles. The van der Waals surface area contributed by atoms with Crippen molar-refractivity contribution >= 4 is 11.6 Å². The maximum atomic E-state index is 6.06. The molecule has 0 bridgehead atoms. The van der Waals surface area contributed by atoms with Crippen molar-refractivity contribution in [1.82, 2.24) is 5.32 Å². The third kappa shape index (κ3) is 4.39. The molecule has 1 saturated carbocycles. The summed E-state index contributed by atoms with van der Waals surface area (Å²) in [7, 11) is 1.72. The number of aryl methyl sites for hydroxylation is 1. The van der Waals surface area contributed by atoms with Crippen LogP contribution in [0.3, 0.4) is 0 Å². The minimum Gasteiger partial charge on any atom is -0.496 e. The molecule has 19 heavy (non-hydrogen) atoms. The van der Waals surface area contributed by atoms with Crippen molar-refractivity contribution in [3.8, 4) is 5.75 Å². The third-order valence-corrected chi connectivity index (χ3v) is 4.10. The lowest BCUT2D eigenvalue weighted by atomic mass is 10.0. The fourth-order valence-corrected chi connectivity index (χ4v) is 2.91. The van der Waals surface area contributed by atoms with Crippen LogP contribution in [0.25, 0.3) is 0 Å². The average Bonchev–Trinajstić information content (AvgIpc) is 3.22. The molecule has 0 radical (unpaired) electrons. The van der Waals surface area contributed by atoms with Crippen molar-refractivity contribution in [2.24, 2.45) is 5.92 Å². The fraction of sp³-hybridized carbons (Fsp3) is 0.625. The van der Waals surface area contributed by atoms with Crippen molar-refractivity contribution in [3.63, 3.8) is 0 Å². The highest BCUT2D eigenvalue weighted by molar-refractivity contribution is 6.30. The Balaban J connectivity index is 1.85. The van der Waals surface area contributed by atoms with Gasteiger partial charge in [-0.15, -0.1) is 0 Å². The van der Waals surface area contributed by atoms with E-state index in [0.717, 1.165) is 29.7 Å². The third-order valence-electron chi connectivity index (χ3n) is 3.86. The highest BCUT2D eigenvalue weighted by Gasteiger charge is 2.29. The van der Waals surface area contributed by atoms with Gasteiger partial charge in [-0.1, -0.05) is 18.5 Å². The van der Waals surface area contributed by atoms with Crippen LogP contribution in [-0.4, -0.2) is 19.7 Å². The van der Waals surface area contributed by atoms with E-state index in [4.69, 9.17) is 16.3 Å². The van der Waals surface area contributed by atoms with Gasteiger partial charge in [0.05, 0.1) is 7.11 Å². The lowest BCUT2D eigenvalue weighted by Crippen LogP contribution is -2.30. The zero-order valence-electron chi connectivity index (χ0n) is 11.9. The molecule has 2 rings (SSSR count). The molecule has 1 aliphatic rings. The van der Waals surface area contributed by atoms with Crippen LogP contribution in [0.4, 0.5) is 0 Å². The van der Waals surface area contributed by atoms with Crippen molar-refractivity contribution < 1.29 is 4.74 Å². The van der Waals surface area contributed by atoms with Gasteiger partial charge in [-0.3, -0.25) is 0 Å². The number of nitrogens with one attached hydrogen (secondary N) is 1. The van der Waals surface area contributed by atoms with Crippen molar-refractivity contribution in [2.75, 3.05) is 13.7 Å². The van der Waals surface area contributed by atoms with Crippen molar-refractivity contribution in [1.29, 1.82) is 0 Å². The van der Waals surface area contributed by atoms with Gasteiger partial charge >= 0.3 is 0 Å². The van der Waals surface area contributed by atoms with Crippen LogP contribution in [-0.2, 0) is 6.42 Å². The number of hydrogen-bond donors (Lipinski definition) is 1. The van der Waals surface area contributed by atoms with E-state index in [1.807, 2.05) is 18.2 Å². The summed E-state index contributed by atoms with van der Waals surface area (Å²) in [5.41, 5.74) is 1.22. The highest BCUT2D eigenvalue weighted by atomic mass is 35.5. The Kier molecular flexibility index (Phi) is 5.53. The number of benzene rings is 1. The minimum atomic E-state index is 0.704. The van der Waals surface area contributed by atoms with Gasteiger partial charge < -0.3 is 10.1 Å². The molecular weight excluding hydrogens is 258 g/mol. The monoisotopic (exact) mass is 281 g/mol. The smallest absolute Gasteiger partial charge is 0.122 e.